The Morgan fingerprint density at radius 2 is 1.07 bits per heavy atom. The fourth-order valence-corrected chi connectivity index (χ4v) is 15.9. The first-order valence-corrected chi connectivity index (χ1v) is 39.0. The van der Waals surface area contributed by atoms with Gasteiger partial charge in [0.05, 0.1) is 65.0 Å². The van der Waals surface area contributed by atoms with Crippen molar-refractivity contribution in [1.82, 2.24) is 70.0 Å². The zero-order valence-corrected chi connectivity index (χ0v) is 63.7. The van der Waals surface area contributed by atoms with Crippen molar-refractivity contribution in [3.63, 3.8) is 0 Å². The van der Waals surface area contributed by atoms with Gasteiger partial charge >= 0.3 is 18.2 Å². The second-order valence-electron chi connectivity index (χ2n) is 29.7. The summed E-state index contributed by atoms with van der Waals surface area (Å²) in [6.45, 7) is 12.6. The highest BCUT2D eigenvalue weighted by Crippen LogP contribution is 2.49. The van der Waals surface area contributed by atoms with Crippen molar-refractivity contribution in [2.75, 3.05) is 54.6 Å². The fraction of sp³-hybridized carbons (Fsp3) is 0.541. The number of allylic oxidation sites excluding steroid dienone is 2. The number of carbonyl (C=O) groups excluding carboxylic acids is 6. The third-order valence-corrected chi connectivity index (χ3v) is 25.3. The summed E-state index contributed by atoms with van der Waals surface area (Å²) in [5.41, 5.74) is -0.0897. The zero-order valence-electron chi connectivity index (χ0n) is 62.1. The number of rotatable bonds is 20. The molecule has 4 saturated carbocycles. The Labute approximate surface area is 620 Å². The lowest BCUT2D eigenvalue weighted by atomic mass is 10.1. The quantitative estimate of drug-likeness (QED) is 0.0389. The number of pyridine rings is 2. The molecule has 8 amide bonds. The summed E-state index contributed by atoms with van der Waals surface area (Å²) < 4.78 is 122. The van der Waals surface area contributed by atoms with Gasteiger partial charge in [0.15, 0.2) is 5.69 Å². The molecule has 4 aromatic heterocycles. The molecule has 4 fully saturated rings. The maximum atomic E-state index is 14.1. The van der Waals surface area contributed by atoms with Crippen LogP contribution in [0, 0.1) is 31.6 Å². The fourth-order valence-electron chi connectivity index (χ4n) is 13.2. The Morgan fingerprint density at radius 1 is 0.626 bits per heavy atom. The molecule has 0 unspecified atom stereocenters. The Hall–Kier alpha value is -9.53. The molecule has 6 N–H and O–H groups in total. The van der Waals surface area contributed by atoms with Crippen molar-refractivity contribution in [1.29, 1.82) is 0 Å². The molecule has 33 heteroatoms. The summed E-state index contributed by atoms with van der Waals surface area (Å²) >= 11 is 0. The van der Waals surface area contributed by atoms with Crippen LogP contribution in [0.25, 0.3) is 44.6 Å². The Morgan fingerprint density at radius 3 is 1.50 bits per heavy atom. The number of urea groups is 2. The number of hydrogen-bond acceptors (Lipinski definition) is 18. The Kier molecular flexibility index (Phi) is 22.7. The molecule has 2 aliphatic heterocycles. The second kappa shape index (κ2) is 31.0. The van der Waals surface area contributed by atoms with Crippen LogP contribution in [0.5, 0.6) is 23.0 Å². The van der Waals surface area contributed by atoms with Crippen LogP contribution in [0.3, 0.4) is 0 Å². The molecule has 578 valence electrons. The molecular weight excluding hydrogens is 1430 g/mol. The molecule has 4 aliphatic carbocycles. The number of sulfonamides is 2. The van der Waals surface area contributed by atoms with Gasteiger partial charge in [-0.2, -0.15) is 23.4 Å². The van der Waals surface area contributed by atoms with E-state index in [1.807, 2.05) is 66.4 Å². The van der Waals surface area contributed by atoms with Gasteiger partial charge in [-0.25, -0.2) is 36.4 Å². The van der Waals surface area contributed by atoms with Crippen LogP contribution in [0.4, 0.5) is 22.8 Å². The van der Waals surface area contributed by atoms with Crippen LogP contribution in [0.2, 0.25) is 0 Å². The lowest BCUT2D eigenvalue weighted by molar-refractivity contribution is -0.141. The van der Waals surface area contributed by atoms with E-state index in [1.165, 1.54) is 30.0 Å². The molecule has 6 atom stereocenters. The van der Waals surface area contributed by atoms with Crippen molar-refractivity contribution in [2.45, 2.75) is 177 Å². The maximum Gasteiger partial charge on any atom is 0.435 e. The number of nitrogens with zero attached hydrogens (tertiary/aromatic N) is 8. The summed E-state index contributed by atoms with van der Waals surface area (Å²) in [5.74, 6) is -1.45. The van der Waals surface area contributed by atoms with E-state index in [0.29, 0.717) is 108 Å². The van der Waals surface area contributed by atoms with Crippen molar-refractivity contribution >= 4 is 77.5 Å². The molecule has 6 heterocycles. The first-order valence-electron chi connectivity index (χ1n) is 36.1. The Bertz CT molecular complexity index is 4730. The van der Waals surface area contributed by atoms with E-state index >= 15 is 0 Å². The van der Waals surface area contributed by atoms with E-state index < -0.39 is 112 Å². The predicted octanol–water partition coefficient (Wildman–Crippen LogP) is 8.83. The second-order valence-corrected chi connectivity index (χ2v) is 34.1. The minimum atomic E-state index is -4.68. The van der Waals surface area contributed by atoms with Crippen molar-refractivity contribution in [3.8, 4) is 45.8 Å². The minimum Gasteiger partial charge on any atom is -0.496 e. The summed E-state index contributed by atoms with van der Waals surface area (Å²) in [6.07, 6.45) is 11.3. The maximum absolute atomic E-state index is 14.1. The van der Waals surface area contributed by atoms with E-state index in [-0.39, 0.29) is 56.0 Å². The van der Waals surface area contributed by atoms with E-state index in [1.54, 1.807) is 54.1 Å². The van der Waals surface area contributed by atoms with Crippen molar-refractivity contribution < 1.29 is 77.7 Å². The molecule has 6 aromatic rings. The number of aryl methyl sites for hydroxylation is 3. The van der Waals surface area contributed by atoms with Crippen LogP contribution in [-0.4, -0.2) is 179 Å². The van der Waals surface area contributed by atoms with Gasteiger partial charge in [0.25, 0.3) is 11.8 Å². The lowest BCUT2D eigenvalue weighted by Crippen LogP contribution is -2.58. The molecule has 0 bridgehead atoms. The number of carbonyl (C=O) groups is 6. The van der Waals surface area contributed by atoms with Gasteiger partial charge in [-0.1, -0.05) is 38.2 Å². The van der Waals surface area contributed by atoms with Crippen LogP contribution >= 0.6 is 0 Å². The number of halogens is 3. The molecule has 6 aliphatic rings. The van der Waals surface area contributed by atoms with Gasteiger partial charge in [-0.05, 0) is 147 Å². The normalized spacial score (nSPS) is 23.7. The van der Waals surface area contributed by atoms with Gasteiger partial charge in [-0.3, -0.25) is 38.0 Å². The highest BCUT2D eigenvalue weighted by Gasteiger charge is 2.64. The standard InChI is InChI=1S/C38H51N7O7S.C36H44F3N7O7S/c1-24(2)23-45-19-14-28(42-45)30-21-32(27-12-13-31(51-6)25(3)33(27)39-30)52-20-15-29-34(46)41-38(35(47)43-53(49,50)37(4)16-17-37)22-26(38)11-9-7-8-10-18-44(5)36(48)40-29;1-21-27(52-5)12-11-23-28(18-25(40-30(21)23)26-19-29(36(37,38)39)43-46(26)4)53-17-13-24-31(47)42-35(32(48)44-54(50,51)34(2)14-15-34)20-22(35)10-8-6-7-9-16-45(3)33(49)41-24/h9,11-14,19,21,24,26,29H,7-8,10,15-18,20,22-23H2,1-6H3,(H,40,48)(H,41,46)(H,43,47);8,10-12,18-19,22,24H,6-7,9,13-17,20H2,1-5H3,(H,41,49)(H,42,47)(H,44,48)/b11-9-;10-8-/t26-,29+,38-;22-,24+,35-/m11/s1. The molecule has 2 aromatic carbocycles. The summed E-state index contributed by atoms with van der Waals surface area (Å²) in [5, 5.41) is 20.8. The molecule has 0 radical (unpaired) electrons. The van der Waals surface area contributed by atoms with Gasteiger partial charge in [-0.15, -0.1) is 0 Å². The average molecular weight is 1530 g/mol. The van der Waals surface area contributed by atoms with E-state index in [0.717, 1.165) is 53.9 Å². The van der Waals surface area contributed by atoms with Crippen molar-refractivity contribution in [2.24, 2.45) is 24.8 Å². The van der Waals surface area contributed by atoms with Gasteiger partial charge in [0.2, 0.25) is 31.9 Å². The number of fused-ring (bicyclic) bond motifs is 4. The highest BCUT2D eigenvalue weighted by molar-refractivity contribution is 7.92. The number of methoxy groups -OCH3 is 2. The minimum absolute atomic E-state index is 0.0166. The summed E-state index contributed by atoms with van der Waals surface area (Å²) in [4.78, 5) is 94.6. The number of aromatic nitrogens is 6. The van der Waals surface area contributed by atoms with Crippen molar-refractivity contribution in [3.05, 3.63) is 95.9 Å². The lowest BCUT2D eigenvalue weighted by Gasteiger charge is -2.26. The summed E-state index contributed by atoms with van der Waals surface area (Å²) in [6, 6.07) is 9.91. The van der Waals surface area contributed by atoms with Gasteiger partial charge in [0.1, 0.15) is 51.9 Å². The van der Waals surface area contributed by atoms with Crippen LogP contribution in [0.1, 0.15) is 134 Å². The monoisotopic (exact) mass is 1520 g/mol. The number of hydrogen-bond donors (Lipinski definition) is 6. The Balaban J connectivity index is 0.000000213. The smallest absolute Gasteiger partial charge is 0.435 e. The van der Waals surface area contributed by atoms with Gasteiger partial charge < -0.3 is 50.0 Å². The topological polar surface area (TPSA) is 348 Å². The molecule has 107 heavy (non-hydrogen) atoms. The number of ether oxygens (including phenoxy) is 4. The number of benzene rings is 2. The molecular formula is C74H95F3N14O14S2. The van der Waals surface area contributed by atoms with E-state index in [2.05, 4.69) is 54.6 Å². The highest BCUT2D eigenvalue weighted by atomic mass is 32.2. The molecule has 12 rings (SSSR count). The zero-order chi connectivity index (χ0) is 77.3. The largest absolute Gasteiger partial charge is 0.496 e. The number of alkyl halides is 3. The predicted molar refractivity (Wildman–Crippen MR) is 393 cm³/mol. The van der Waals surface area contributed by atoms with E-state index in [9.17, 15) is 58.8 Å². The number of nitrogens with one attached hydrogen (secondary N) is 6. The third kappa shape index (κ3) is 17.2. The third-order valence-electron chi connectivity index (χ3n) is 21.0. The first kappa shape index (κ1) is 78.5. The van der Waals surface area contributed by atoms with Crippen LogP contribution < -0.4 is 49.7 Å². The SMILES string of the molecule is COc1ccc2c(OCC[C@@H]3NC(=O)N(C)CCCC/C=C\[C@@H]4C[C@@]4(C(=O)NS(=O)(=O)C4(C)CC4)NC3=O)cc(-c3cc(C(F)(F)F)nn3C)nc2c1C.COc1ccc2c(OCC[C@@H]3NC(=O)N(C)CCCC/C=C\[C@@H]4C[C@@]4(C(=O)NS(=O)(=O)C4(C)CC4)NC3=O)cc(-c3ccn(CC(C)C)n3)nc2c1C. The molecule has 0 saturated heterocycles. The molecule has 28 nitrogen and oxygen atoms in total. The number of amides is 8. The average Bonchev–Trinajstić information content (AvgIpc) is 1.61. The first-order chi connectivity index (χ1) is 50.5. The molecule has 0 spiro atoms. The van der Waals surface area contributed by atoms with E-state index in [4.69, 9.17) is 29.0 Å². The van der Waals surface area contributed by atoms with Crippen LogP contribution in [0.15, 0.2) is 79.0 Å². The van der Waals surface area contributed by atoms with Crippen LogP contribution in [-0.2, 0) is 59.0 Å². The van der Waals surface area contributed by atoms with Gasteiger partial charge in [0, 0.05) is 106 Å². The summed E-state index contributed by atoms with van der Waals surface area (Å²) in [7, 11) is -0.223.